The van der Waals surface area contributed by atoms with Gasteiger partial charge in [-0.2, -0.15) is 0 Å². The maximum atomic E-state index is 11.8. The van der Waals surface area contributed by atoms with Crippen molar-refractivity contribution >= 4 is 15.6 Å². The molecule has 0 bridgehead atoms. The van der Waals surface area contributed by atoms with Crippen LogP contribution < -0.4 is 4.74 Å². The molecule has 0 aromatic heterocycles. The number of benzene rings is 1. The molecule has 4 nitrogen and oxygen atoms in total. The van der Waals surface area contributed by atoms with Gasteiger partial charge in [-0.25, -0.2) is 8.42 Å². The Morgan fingerprint density at radius 2 is 2.06 bits per heavy atom. The number of ketones is 1. The van der Waals surface area contributed by atoms with Crippen LogP contribution in [-0.2, 0) is 16.3 Å². The van der Waals surface area contributed by atoms with E-state index in [0.29, 0.717) is 11.3 Å². The monoisotopic (exact) mass is 240 g/mol. The minimum atomic E-state index is -3.33. The van der Waals surface area contributed by atoms with Crippen LogP contribution in [0, 0.1) is 0 Å². The van der Waals surface area contributed by atoms with E-state index < -0.39 is 15.1 Å². The fraction of sp³-hybridized carbons (Fsp3) is 0.364. The zero-order chi connectivity index (χ0) is 11.9. The molecule has 1 atom stereocenters. The second-order valence-electron chi connectivity index (χ2n) is 3.91. The Morgan fingerprint density at radius 1 is 1.38 bits per heavy atom. The Hall–Kier alpha value is -1.36. The fourth-order valence-corrected chi connectivity index (χ4v) is 2.92. The molecule has 0 radical (unpaired) electrons. The van der Waals surface area contributed by atoms with Gasteiger partial charge in [-0.3, -0.25) is 4.79 Å². The maximum absolute atomic E-state index is 11.8. The molecule has 16 heavy (non-hydrogen) atoms. The third-order valence-electron chi connectivity index (χ3n) is 2.79. The Balaban J connectivity index is 2.46. The molecular formula is C11H12O4S. The highest BCUT2D eigenvalue weighted by Gasteiger charge is 2.37. The van der Waals surface area contributed by atoms with E-state index in [1.165, 1.54) is 7.11 Å². The van der Waals surface area contributed by atoms with E-state index in [-0.39, 0.29) is 12.2 Å². The third kappa shape index (κ3) is 1.71. The largest absolute Gasteiger partial charge is 0.497 e. The molecule has 1 aromatic rings. The lowest BCUT2D eigenvalue weighted by atomic mass is 10.1. The predicted molar refractivity (Wildman–Crippen MR) is 59.7 cm³/mol. The first kappa shape index (κ1) is 11.1. The highest BCUT2D eigenvalue weighted by Crippen LogP contribution is 2.29. The highest BCUT2D eigenvalue weighted by molar-refractivity contribution is 7.92. The molecule has 1 aromatic carbocycles. The fourth-order valence-electron chi connectivity index (χ4n) is 1.92. The summed E-state index contributed by atoms with van der Waals surface area (Å²) in [6, 6.07) is 5.02. The second-order valence-corrected chi connectivity index (χ2v) is 6.14. The molecule has 5 heteroatoms. The standard InChI is InChI=1S/C11H12O4S/c1-15-8-3-4-9-7(5-8)6-10(11(9)12)16(2,13)14/h3-5,10H,6H2,1-2H3. The highest BCUT2D eigenvalue weighted by atomic mass is 32.2. The molecule has 0 amide bonds. The Kier molecular flexibility index (Phi) is 2.50. The number of carbonyl (C=O) groups is 1. The molecule has 2 rings (SSSR count). The molecule has 1 unspecified atom stereocenters. The van der Waals surface area contributed by atoms with Gasteiger partial charge in [-0.05, 0) is 30.2 Å². The summed E-state index contributed by atoms with van der Waals surface area (Å²) in [6.45, 7) is 0. The summed E-state index contributed by atoms with van der Waals surface area (Å²) in [5.41, 5.74) is 1.25. The smallest absolute Gasteiger partial charge is 0.181 e. The topological polar surface area (TPSA) is 60.4 Å². The SMILES string of the molecule is COc1ccc2c(c1)CC(S(C)(=O)=O)C2=O. The molecule has 0 aliphatic heterocycles. The van der Waals surface area contributed by atoms with Crippen LogP contribution in [0.15, 0.2) is 18.2 Å². The number of carbonyl (C=O) groups excluding carboxylic acids is 1. The van der Waals surface area contributed by atoms with Gasteiger partial charge in [0.05, 0.1) is 7.11 Å². The van der Waals surface area contributed by atoms with Crippen LogP contribution in [0.1, 0.15) is 15.9 Å². The number of rotatable bonds is 2. The average Bonchev–Trinajstić information content (AvgIpc) is 2.55. The first-order valence-corrected chi connectivity index (χ1v) is 6.79. The molecule has 0 N–H and O–H groups in total. The molecule has 0 saturated carbocycles. The molecule has 0 fully saturated rings. The van der Waals surface area contributed by atoms with E-state index in [0.717, 1.165) is 11.8 Å². The zero-order valence-corrected chi connectivity index (χ0v) is 9.87. The van der Waals surface area contributed by atoms with Gasteiger partial charge in [0.1, 0.15) is 11.0 Å². The Labute approximate surface area is 94.2 Å². The van der Waals surface area contributed by atoms with Crippen molar-refractivity contribution in [2.24, 2.45) is 0 Å². The van der Waals surface area contributed by atoms with Crippen LogP contribution in [0.3, 0.4) is 0 Å². The van der Waals surface area contributed by atoms with E-state index in [4.69, 9.17) is 4.74 Å². The minimum absolute atomic E-state index is 0.254. The van der Waals surface area contributed by atoms with E-state index in [1.54, 1.807) is 18.2 Å². The van der Waals surface area contributed by atoms with Crippen molar-refractivity contribution in [2.75, 3.05) is 13.4 Å². The third-order valence-corrected chi connectivity index (χ3v) is 4.21. The number of fused-ring (bicyclic) bond motifs is 1. The minimum Gasteiger partial charge on any atom is -0.497 e. The predicted octanol–water partition coefficient (Wildman–Crippen LogP) is 0.847. The van der Waals surface area contributed by atoms with Crippen molar-refractivity contribution in [3.63, 3.8) is 0 Å². The van der Waals surface area contributed by atoms with Gasteiger partial charge >= 0.3 is 0 Å². The summed E-state index contributed by atoms with van der Waals surface area (Å²) in [7, 11) is -1.80. The Bertz CT molecular complexity index is 545. The van der Waals surface area contributed by atoms with Crippen LogP contribution in [-0.4, -0.2) is 32.8 Å². The normalized spacial score (nSPS) is 19.6. The van der Waals surface area contributed by atoms with E-state index in [9.17, 15) is 13.2 Å². The quantitative estimate of drug-likeness (QED) is 0.768. The van der Waals surface area contributed by atoms with Gasteiger partial charge in [0.15, 0.2) is 15.6 Å². The van der Waals surface area contributed by atoms with Gasteiger partial charge in [-0.15, -0.1) is 0 Å². The summed E-state index contributed by atoms with van der Waals surface area (Å²) in [5.74, 6) is 0.334. The summed E-state index contributed by atoms with van der Waals surface area (Å²) < 4.78 is 27.9. The van der Waals surface area contributed by atoms with E-state index in [1.807, 2.05) is 0 Å². The van der Waals surface area contributed by atoms with Gasteiger partial charge in [0.2, 0.25) is 0 Å². The summed E-state index contributed by atoms with van der Waals surface area (Å²) in [4.78, 5) is 11.8. The van der Waals surface area contributed by atoms with Crippen LogP contribution in [0.5, 0.6) is 5.75 Å². The van der Waals surface area contributed by atoms with Gasteiger partial charge < -0.3 is 4.74 Å². The van der Waals surface area contributed by atoms with Crippen molar-refractivity contribution in [3.8, 4) is 5.75 Å². The number of hydrogen-bond donors (Lipinski definition) is 0. The first-order valence-electron chi connectivity index (χ1n) is 4.83. The lowest BCUT2D eigenvalue weighted by Gasteiger charge is -2.03. The summed E-state index contributed by atoms with van der Waals surface area (Å²) in [6.07, 6.45) is 1.35. The number of hydrogen-bond acceptors (Lipinski definition) is 4. The van der Waals surface area contributed by atoms with E-state index in [2.05, 4.69) is 0 Å². The summed E-state index contributed by atoms with van der Waals surface area (Å²) in [5, 5.41) is -0.922. The first-order chi connectivity index (χ1) is 7.43. The molecule has 0 saturated heterocycles. The lowest BCUT2D eigenvalue weighted by molar-refractivity contribution is 0.0998. The molecule has 86 valence electrons. The average molecular weight is 240 g/mol. The van der Waals surface area contributed by atoms with Crippen LogP contribution in [0.25, 0.3) is 0 Å². The van der Waals surface area contributed by atoms with Crippen LogP contribution >= 0.6 is 0 Å². The Morgan fingerprint density at radius 3 is 2.62 bits per heavy atom. The van der Waals surface area contributed by atoms with Gasteiger partial charge in [-0.1, -0.05) is 0 Å². The van der Waals surface area contributed by atoms with Gasteiger partial charge in [0, 0.05) is 11.8 Å². The maximum Gasteiger partial charge on any atom is 0.181 e. The molecular weight excluding hydrogens is 228 g/mol. The van der Waals surface area contributed by atoms with E-state index >= 15 is 0 Å². The molecule has 0 spiro atoms. The van der Waals surface area contributed by atoms with Gasteiger partial charge in [0.25, 0.3) is 0 Å². The number of sulfone groups is 1. The van der Waals surface area contributed by atoms with Crippen molar-refractivity contribution < 1.29 is 17.9 Å². The van der Waals surface area contributed by atoms with Crippen LogP contribution in [0.4, 0.5) is 0 Å². The second kappa shape index (κ2) is 3.59. The van der Waals surface area contributed by atoms with Crippen LogP contribution in [0.2, 0.25) is 0 Å². The lowest BCUT2D eigenvalue weighted by Crippen LogP contribution is -2.26. The van der Waals surface area contributed by atoms with Crippen molar-refractivity contribution in [1.29, 1.82) is 0 Å². The zero-order valence-electron chi connectivity index (χ0n) is 9.06. The molecule has 1 aliphatic rings. The van der Waals surface area contributed by atoms with Crippen molar-refractivity contribution in [2.45, 2.75) is 11.7 Å². The molecule has 0 heterocycles. The molecule has 1 aliphatic carbocycles. The summed E-state index contributed by atoms with van der Waals surface area (Å²) >= 11 is 0. The number of ether oxygens (including phenoxy) is 1. The number of methoxy groups -OCH3 is 1. The van der Waals surface area contributed by atoms with Crippen molar-refractivity contribution in [1.82, 2.24) is 0 Å². The number of Topliss-reactive ketones (excluding diaryl/α,β-unsaturated/α-hetero) is 1. The van der Waals surface area contributed by atoms with Crippen molar-refractivity contribution in [3.05, 3.63) is 29.3 Å².